The maximum atomic E-state index is 12.9. The Bertz CT molecular complexity index is 1210. The third kappa shape index (κ3) is 4.73. The van der Waals surface area contributed by atoms with Gasteiger partial charge < -0.3 is 15.5 Å². The Labute approximate surface area is 192 Å². The van der Waals surface area contributed by atoms with Crippen molar-refractivity contribution in [2.45, 2.75) is 26.3 Å². The van der Waals surface area contributed by atoms with Crippen molar-refractivity contribution in [2.75, 3.05) is 29.9 Å². The fourth-order valence-electron chi connectivity index (χ4n) is 3.59. The molecule has 4 rings (SSSR count). The van der Waals surface area contributed by atoms with Gasteiger partial charge in [0, 0.05) is 25.8 Å². The summed E-state index contributed by atoms with van der Waals surface area (Å²) in [5.41, 5.74) is 0.360. The van der Waals surface area contributed by atoms with E-state index in [-0.39, 0.29) is 29.1 Å². The van der Waals surface area contributed by atoms with Gasteiger partial charge in [-0.25, -0.2) is 9.97 Å². The molecule has 32 heavy (non-hydrogen) atoms. The maximum Gasteiger partial charge on any atom is 0.273 e. The summed E-state index contributed by atoms with van der Waals surface area (Å²) >= 11 is 7.19. The van der Waals surface area contributed by atoms with Crippen LogP contribution in [0, 0.1) is 5.92 Å². The molecule has 2 N–H and O–H groups in total. The first-order valence-electron chi connectivity index (χ1n) is 10.2. The van der Waals surface area contributed by atoms with Gasteiger partial charge in [-0.05, 0) is 31.9 Å². The number of nitrogens with one attached hydrogen (secondary N) is 2. The second kappa shape index (κ2) is 9.61. The Balaban J connectivity index is 1.51. The van der Waals surface area contributed by atoms with Crippen molar-refractivity contribution in [1.29, 1.82) is 0 Å². The SMILES string of the molecule is CCNC(=O)C1CCCN(c2nc3ncn(CC(=O)Nc4cccnc4Cl)c(=O)c3s2)C1. The second-order valence-corrected chi connectivity index (χ2v) is 8.73. The molecule has 3 aromatic heterocycles. The lowest BCUT2D eigenvalue weighted by molar-refractivity contribution is -0.125. The van der Waals surface area contributed by atoms with E-state index in [0.717, 1.165) is 19.4 Å². The molecule has 0 aliphatic carbocycles. The molecule has 0 bridgehead atoms. The minimum atomic E-state index is -0.423. The van der Waals surface area contributed by atoms with Crippen LogP contribution in [0.2, 0.25) is 5.15 Å². The van der Waals surface area contributed by atoms with E-state index in [4.69, 9.17) is 11.6 Å². The fourth-order valence-corrected chi connectivity index (χ4v) is 4.76. The second-order valence-electron chi connectivity index (χ2n) is 7.40. The molecule has 12 heteroatoms. The lowest BCUT2D eigenvalue weighted by atomic mass is 9.97. The molecule has 4 heterocycles. The van der Waals surface area contributed by atoms with Crippen LogP contribution < -0.4 is 21.1 Å². The van der Waals surface area contributed by atoms with E-state index in [9.17, 15) is 14.4 Å². The number of pyridine rings is 1. The number of nitrogens with zero attached hydrogens (tertiary/aromatic N) is 5. The van der Waals surface area contributed by atoms with Crippen LogP contribution in [0.1, 0.15) is 19.8 Å². The van der Waals surface area contributed by atoms with E-state index in [2.05, 4.69) is 25.6 Å². The van der Waals surface area contributed by atoms with Gasteiger partial charge in [0.25, 0.3) is 5.56 Å². The van der Waals surface area contributed by atoms with Crippen LogP contribution >= 0.6 is 22.9 Å². The lowest BCUT2D eigenvalue weighted by Crippen LogP contribution is -2.43. The first-order chi connectivity index (χ1) is 15.5. The van der Waals surface area contributed by atoms with Gasteiger partial charge in [-0.15, -0.1) is 0 Å². The number of carbonyl (C=O) groups is 2. The van der Waals surface area contributed by atoms with E-state index >= 15 is 0 Å². The Kier molecular flexibility index (Phi) is 6.66. The predicted molar refractivity (Wildman–Crippen MR) is 123 cm³/mol. The Hall–Kier alpha value is -3.05. The highest BCUT2D eigenvalue weighted by Gasteiger charge is 2.27. The zero-order chi connectivity index (χ0) is 22.7. The zero-order valence-electron chi connectivity index (χ0n) is 17.4. The minimum Gasteiger partial charge on any atom is -0.356 e. The number of rotatable bonds is 6. The van der Waals surface area contributed by atoms with E-state index in [1.165, 1.54) is 28.4 Å². The van der Waals surface area contributed by atoms with Gasteiger partial charge in [-0.2, -0.15) is 4.98 Å². The van der Waals surface area contributed by atoms with Crippen molar-refractivity contribution in [3.05, 3.63) is 40.2 Å². The molecule has 1 atom stereocenters. The molecule has 0 spiro atoms. The van der Waals surface area contributed by atoms with Crippen LogP contribution in [0.15, 0.2) is 29.5 Å². The number of aromatic nitrogens is 4. The highest BCUT2D eigenvalue weighted by Crippen LogP contribution is 2.29. The predicted octanol–water partition coefficient (Wildman–Crippen LogP) is 1.89. The van der Waals surface area contributed by atoms with E-state index in [0.29, 0.717) is 34.3 Å². The Morgan fingerprint density at radius 3 is 2.97 bits per heavy atom. The average molecular weight is 476 g/mol. The minimum absolute atomic E-state index is 0.0403. The Morgan fingerprint density at radius 1 is 1.34 bits per heavy atom. The molecular formula is C20H22ClN7O3S. The molecule has 168 valence electrons. The summed E-state index contributed by atoms with van der Waals surface area (Å²) in [6.07, 6.45) is 4.52. The molecular weight excluding hydrogens is 454 g/mol. The van der Waals surface area contributed by atoms with Gasteiger partial charge in [-0.3, -0.25) is 19.0 Å². The smallest absolute Gasteiger partial charge is 0.273 e. The molecule has 1 unspecified atom stereocenters. The highest BCUT2D eigenvalue weighted by molar-refractivity contribution is 7.22. The molecule has 1 fully saturated rings. The zero-order valence-corrected chi connectivity index (χ0v) is 18.9. The Morgan fingerprint density at radius 2 is 2.19 bits per heavy atom. The summed E-state index contributed by atoms with van der Waals surface area (Å²) in [5, 5.41) is 6.33. The number of fused-ring (bicyclic) bond motifs is 1. The fraction of sp³-hybridized carbons (Fsp3) is 0.400. The molecule has 0 aromatic carbocycles. The maximum absolute atomic E-state index is 12.9. The lowest BCUT2D eigenvalue weighted by Gasteiger charge is -2.31. The van der Waals surface area contributed by atoms with Crippen molar-refractivity contribution < 1.29 is 9.59 Å². The van der Waals surface area contributed by atoms with Crippen molar-refractivity contribution in [2.24, 2.45) is 5.92 Å². The standard InChI is InChI=1S/C20H22ClN7O3S/c1-2-22-18(30)12-5-4-8-27(9-12)20-26-17-15(32-20)19(31)28(11-24-17)10-14(29)25-13-6-3-7-23-16(13)21/h3,6-7,11-12H,2,4-5,8-10H2,1H3,(H,22,30)(H,25,29). The third-order valence-corrected chi connectivity index (χ3v) is 6.53. The van der Waals surface area contributed by atoms with Crippen LogP contribution in [0.25, 0.3) is 10.3 Å². The topological polar surface area (TPSA) is 122 Å². The van der Waals surface area contributed by atoms with E-state index < -0.39 is 5.91 Å². The van der Waals surface area contributed by atoms with Crippen molar-refractivity contribution in [3.8, 4) is 0 Å². The molecule has 10 nitrogen and oxygen atoms in total. The number of amides is 2. The molecule has 2 amide bonds. The number of hydrogen-bond acceptors (Lipinski definition) is 8. The normalized spacial score (nSPS) is 16.2. The number of hydrogen-bond donors (Lipinski definition) is 2. The quantitative estimate of drug-likeness (QED) is 0.522. The van der Waals surface area contributed by atoms with Crippen LogP contribution in [0.3, 0.4) is 0 Å². The third-order valence-electron chi connectivity index (χ3n) is 5.13. The molecule has 0 radical (unpaired) electrons. The van der Waals surface area contributed by atoms with Crippen molar-refractivity contribution >= 4 is 55.9 Å². The van der Waals surface area contributed by atoms with Crippen LogP contribution in [-0.2, 0) is 16.1 Å². The number of anilines is 2. The van der Waals surface area contributed by atoms with Crippen LogP contribution in [0.4, 0.5) is 10.8 Å². The molecule has 1 aliphatic rings. The first-order valence-corrected chi connectivity index (χ1v) is 11.4. The number of halogens is 1. The molecule has 1 aliphatic heterocycles. The van der Waals surface area contributed by atoms with Crippen LogP contribution in [-0.4, -0.2) is 51.0 Å². The highest BCUT2D eigenvalue weighted by atomic mass is 35.5. The monoisotopic (exact) mass is 475 g/mol. The summed E-state index contributed by atoms with van der Waals surface area (Å²) in [4.78, 5) is 52.2. The number of thiazole rings is 1. The van der Waals surface area contributed by atoms with Crippen molar-refractivity contribution in [1.82, 2.24) is 24.8 Å². The summed E-state index contributed by atoms with van der Waals surface area (Å²) in [5.74, 6) is -0.490. The summed E-state index contributed by atoms with van der Waals surface area (Å²) < 4.78 is 1.60. The summed E-state index contributed by atoms with van der Waals surface area (Å²) in [7, 11) is 0. The molecule has 3 aromatic rings. The van der Waals surface area contributed by atoms with Gasteiger partial charge in [0.05, 0.1) is 11.6 Å². The molecule has 1 saturated heterocycles. The van der Waals surface area contributed by atoms with Gasteiger partial charge >= 0.3 is 0 Å². The first kappa shape index (κ1) is 22.2. The largest absolute Gasteiger partial charge is 0.356 e. The van der Waals surface area contributed by atoms with E-state index in [1.807, 2.05) is 11.8 Å². The van der Waals surface area contributed by atoms with E-state index in [1.54, 1.807) is 12.1 Å². The van der Waals surface area contributed by atoms with Crippen molar-refractivity contribution in [3.63, 3.8) is 0 Å². The summed E-state index contributed by atoms with van der Waals surface area (Å²) in [6, 6.07) is 3.27. The summed E-state index contributed by atoms with van der Waals surface area (Å²) in [6.45, 7) is 3.59. The number of carbonyl (C=O) groups excluding carboxylic acids is 2. The van der Waals surface area contributed by atoms with Crippen LogP contribution in [0.5, 0.6) is 0 Å². The van der Waals surface area contributed by atoms with Gasteiger partial charge in [0.2, 0.25) is 11.8 Å². The van der Waals surface area contributed by atoms with Gasteiger partial charge in [0.1, 0.15) is 17.6 Å². The van der Waals surface area contributed by atoms with Gasteiger partial charge in [-0.1, -0.05) is 22.9 Å². The van der Waals surface area contributed by atoms with Gasteiger partial charge in [0.15, 0.2) is 15.9 Å². The molecule has 0 saturated carbocycles. The number of piperidine rings is 1. The average Bonchev–Trinajstić information content (AvgIpc) is 3.23.